The molecule has 2 aromatic carbocycles. The van der Waals surface area contributed by atoms with E-state index in [9.17, 15) is 31.9 Å². The zero-order valence-corrected chi connectivity index (χ0v) is 25.0. The summed E-state index contributed by atoms with van der Waals surface area (Å²) in [6.45, 7) is 3.26. The number of carbonyl (C=O) groups is 3. The number of carbonyl (C=O) groups excluding carboxylic acids is 3. The van der Waals surface area contributed by atoms with Crippen molar-refractivity contribution in [1.82, 2.24) is 25.0 Å². The lowest BCUT2D eigenvalue weighted by molar-refractivity contribution is -0.140. The minimum Gasteiger partial charge on any atom is -0.350 e. The first kappa shape index (κ1) is 31.1. The topological polar surface area (TPSA) is 97.2 Å². The van der Waals surface area contributed by atoms with E-state index >= 15 is 0 Å². The Hall–Kier alpha value is -4.87. The number of ketones is 1. The number of alkyl halides is 3. The molecule has 0 saturated carbocycles. The minimum absolute atomic E-state index is 0.0143. The van der Waals surface area contributed by atoms with E-state index in [1.807, 2.05) is 24.3 Å². The molecule has 4 aromatic rings. The number of pyridine rings is 1. The molecule has 0 bridgehead atoms. The highest BCUT2D eigenvalue weighted by atomic mass is 19.4. The van der Waals surface area contributed by atoms with Crippen molar-refractivity contribution in [3.05, 3.63) is 106 Å². The second kappa shape index (κ2) is 12.5. The van der Waals surface area contributed by atoms with Gasteiger partial charge in [-0.2, -0.15) is 18.3 Å². The van der Waals surface area contributed by atoms with Gasteiger partial charge in [0, 0.05) is 67.9 Å². The Morgan fingerprint density at radius 1 is 1.00 bits per heavy atom. The van der Waals surface area contributed by atoms with Gasteiger partial charge in [0.1, 0.15) is 17.6 Å². The van der Waals surface area contributed by atoms with Gasteiger partial charge in [-0.25, -0.2) is 4.39 Å². The zero-order valence-electron chi connectivity index (χ0n) is 25.0. The second-order valence-corrected chi connectivity index (χ2v) is 11.7. The summed E-state index contributed by atoms with van der Waals surface area (Å²) in [5.41, 5.74) is 0.849. The van der Waals surface area contributed by atoms with E-state index in [0.29, 0.717) is 30.4 Å². The molecule has 8 nitrogen and oxygen atoms in total. The van der Waals surface area contributed by atoms with Crippen molar-refractivity contribution in [3.63, 3.8) is 0 Å². The van der Waals surface area contributed by atoms with E-state index in [4.69, 9.17) is 0 Å². The molecule has 0 radical (unpaired) electrons. The lowest BCUT2D eigenvalue weighted by atomic mass is 9.85. The molecule has 0 spiro atoms. The lowest BCUT2D eigenvalue weighted by Crippen LogP contribution is -2.33. The number of halogens is 4. The van der Waals surface area contributed by atoms with Gasteiger partial charge < -0.3 is 10.2 Å². The largest absolute Gasteiger partial charge is 0.419 e. The highest BCUT2D eigenvalue weighted by Gasteiger charge is 2.37. The fourth-order valence-corrected chi connectivity index (χ4v) is 6.27. The average Bonchev–Trinajstić information content (AvgIpc) is 3.70. The molecular weight excluding hydrogens is 602 g/mol. The summed E-state index contributed by atoms with van der Waals surface area (Å²) in [7, 11) is 0. The number of hydrogen-bond donors (Lipinski definition) is 1. The maximum absolute atomic E-state index is 14.9. The first-order valence-electron chi connectivity index (χ1n) is 15.1. The van der Waals surface area contributed by atoms with Crippen LogP contribution in [0.25, 0.3) is 10.8 Å². The summed E-state index contributed by atoms with van der Waals surface area (Å²) in [6, 6.07) is 10.4. The highest BCUT2D eigenvalue weighted by Crippen LogP contribution is 2.39. The number of amides is 2. The number of nitrogens with zero attached hydrogens (tertiary/aromatic N) is 4. The molecule has 46 heavy (non-hydrogen) atoms. The summed E-state index contributed by atoms with van der Waals surface area (Å²) in [6.07, 6.45) is 0.746. The fourth-order valence-electron chi connectivity index (χ4n) is 6.27. The van der Waals surface area contributed by atoms with Gasteiger partial charge in [-0.1, -0.05) is 29.8 Å². The number of hydrogen-bond acceptors (Lipinski definition) is 5. The van der Waals surface area contributed by atoms with Gasteiger partial charge >= 0.3 is 6.18 Å². The normalized spacial score (nSPS) is 16.5. The molecule has 2 aliphatic rings. The molecule has 1 saturated heterocycles. The number of likely N-dealkylation sites (tertiary alicyclic amines) is 1. The molecule has 1 unspecified atom stereocenters. The van der Waals surface area contributed by atoms with E-state index in [1.54, 1.807) is 30.3 Å². The number of fused-ring (bicyclic) bond motifs is 2. The number of allylic oxidation sites excluding steroid dienone is 2. The predicted molar refractivity (Wildman–Crippen MR) is 161 cm³/mol. The van der Waals surface area contributed by atoms with Crippen LogP contribution in [0.1, 0.15) is 65.1 Å². The van der Waals surface area contributed by atoms with Crippen molar-refractivity contribution in [2.24, 2.45) is 0 Å². The summed E-state index contributed by atoms with van der Waals surface area (Å²) >= 11 is 0. The molecule has 1 atom stereocenters. The van der Waals surface area contributed by atoms with Crippen LogP contribution in [0.2, 0.25) is 0 Å². The molecule has 12 heteroatoms. The Kier molecular flexibility index (Phi) is 8.45. The van der Waals surface area contributed by atoms with Crippen molar-refractivity contribution in [2.75, 3.05) is 19.6 Å². The molecule has 1 fully saturated rings. The molecule has 238 valence electrons. The Labute approximate surface area is 262 Å². The predicted octanol–water partition coefficient (Wildman–Crippen LogP) is 5.61. The third-order valence-electron chi connectivity index (χ3n) is 8.54. The van der Waals surface area contributed by atoms with Crippen LogP contribution in [0, 0.1) is 5.82 Å². The van der Waals surface area contributed by atoms with Gasteiger partial charge in [-0.15, -0.1) is 0 Å². The first-order valence-corrected chi connectivity index (χ1v) is 15.1. The SMILES string of the molecule is CC1=C(C(=O)Cc2ccc3cnccc3c2)C(c2ccc(C(F)(F)F)c(F)c2)n2nc(C(=O)NCCC(=O)N3CCCC3)cc2C1. The van der Waals surface area contributed by atoms with E-state index in [2.05, 4.69) is 15.4 Å². The maximum atomic E-state index is 14.9. The third-order valence-corrected chi connectivity index (χ3v) is 8.54. The van der Waals surface area contributed by atoms with Crippen LogP contribution < -0.4 is 5.32 Å². The van der Waals surface area contributed by atoms with E-state index in [-0.39, 0.29) is 54.3 Å². The fraction of sp³-hybridized carbons (Fsp3) is 0.324. The van der Waals surface area contributed by atoms with Crippen LogP contribution >= 0.6 is 0 Å². The lowest BCUT2D eigenvalue weighted by Gasteiger charge is -2.29. The minimum atomic E-state index is -4.90. The summed E-state index contributed by atoms with van der Waals surface area (Å²) < 4.78 is 56.6. The van der Waals surface area contributed by atoms with Crippen LogP contribution in [0.15, 0.2) is 72.1 Å². The molecule has 6 rings (SSSR count). The van der Waals surface area contributed by atoms with Gasteiger partial charge in [-0.05, 0) is 60.5 Å². The molecule has 1 N–H and O–H groups in total. The van der Waals surface area contributed by atoms with Crippen LogP contribution in [0.4, 0.5) is 17.6 Å². The highest BCUT2D eigenvalue weighted by molar-refractivity contribution is 6.00. The second-order valence-electron chi connectivity index (χ2n) is 11.7. The Bertz CT molecular complexity index is 1870. The van der Waals surface area contributed by atoms with Crippen molar-refractivity contribution in [1.29, 1.82) is 0 Å². The van der Waals surface area contributed by atoms with Gasteiger partial charge in [0.2, 0.25) is 5.91 Å². The van der Waals surface area contributed by atoms with Crippen LogP contribution in [-0.2, 0) is 28.6 Å². The average molecular weight is 634 g/mol. The standard InChI is InChI=1S/C34H31F4N5O3/c1-20-14-25-18-28(33(46)40-11-9-30(45)42-12-2-3-13-42)41-43(25)32(23-6-7-26(27(35)17-23)34(36,37)38)31(20)29(44)16-21-4-5-24-19-39-10-8-22(24)15-21/h4-8,10,15,17-19,32H,2-3,9,11-14,16H2,1H3,(H,40,46). The Balaban J connectivity index is 1.31. The number of nitrogens with one attached hydrogen (secondary N) is 1. The Morgan fingerprint density at radius 2 is 1.78 bits per heavy atom. The quantitative estimate of drug-likeness (QED) is 0.255. The summed E-state index contributed by atoms with van der Waals surface area (Å²) in [5.74, 6) is -2.36. The molecule has 2 aliphatic heterocycles. The van der Waals surface area contributed by atoms with Crippen LogP contribution in [-0.4, -0.2) is 56.9 Å². The van der Waals surface area contributed by atoms with Gasteiger partial charge in [0.15, 0.2) is 5.78 Å². The number of rotatable bonds is 8. The molecule has 2 aromatic heterocycles. The Morgan fingerprint density at radius 3 is 2.52 bits per heavy atom. The monoisotopic (exact) mass is 633 g/mol. The van der Waals surface area contributed by atoms with Crippen molar-refractivity contribution in [2.45, 2.75) is 51.2 Å². The number of Topliss-reactive ketones (excluding diaryl/α,β-unsaturated/α-hetero) is 1. The van der Waals surface area contributed by atoms with Crippen molar-refractivity contribution in [3.8, 4) is 0 Å². The first-order chi connectivity index (χ1) is 22.0. The zero-order chi connectivity index (χ0) is 32.6. The van der Waals surface area contributed by atoms with Gasteiger partial charge in [0.25, 0.3) is 5.91 Å². The molecule has 2 amide bonds. The molecule has 4 heterocycles. The smallest absolute Gasteiger partial charge is 0.350 e. The molecular formula is C34H31F4N5O3. The van der Waals surface area contributed by atoms with Crippen LogP contribution in [0.5, 0.6) is 0 Å². The number of aromatic nitrogens is 3. The maximum Gasteiger partial charge on any atom is 0.419 e. The van der Waals surface area contributed by atoms with E-state index in [1.165, 1.54) is 4.68 Å². The van der Waals surface area contributed by atoms with Crippen molar-refractivity contribution < 1.29 is 31.9 Å². The number of benzene rings is 2. The van der Waals surface area contributed by atoms with Gasteiger partial charge in [0.05, 0.1) is 5.56 Å². The third kappa shape index (κ3) is 6.29. The van der Waals surface area contributed by atoms with Crippen molar-refractivity contribution >= 4 is 28.4 Å². The summed E-state index contributed by atoms with van der Waals surface area (Å²) in [5, 5.41) is 8.97. The van der Waals surface area contributed by atoms with E-state index < -0.39 is 29.5 Å². The van der Waals surface area contributed by atoms with Gasteiger partial charge in [-0.3, -0.25) is 24.0 Å². The molecule has 0 aliphatic carbocycles. The summed E-state index contributed by atoms with van der Waals surface area (Å²) in [4.78, 5) is 45.3. The van der Waals surface area contributed by atoms with E-state index in [0.717, 1.165) is 41.3 Å². The van der Waals surface area contributed by atoms with Crippen LogP contribution in [0.3, 0.4) is 0 Å².